The molecule has 0 saturated carbocycles. The second kappa shape index (κ2) is 9.08. The lowest BCUT2D eigenvalue weighted by molar-refractivity contribution is -0.135. The van der Waals surface area contributed by atoms with E-state index in [1.807, 2.05) is 43.9 Å². The zero-order valence-electron chi connectivity index (χ0n) is 18.5. The van der Waals surface area contributed by atoms with Gasteiger partial charge < -0.3 is 9.80 Å². The third-order valence-corrected chi connectivity index (χ3v) is 7.05. The molecule has 6 heteroatoms. The van der Waals surface area contributed by atoms with Gasteiger partial charge in [-0.05, 0) is 68.0 Å². The normalized spacial score (nSPS) is 15.9. The van der Waals surface area contributed by atoms with E-state index in [0.717, 1.165) is 12.0 Å². The molecule has 4 rings (SSSR count). The van der Waals surface area contributed by atoms with Crippen LogP contribution in [-0.4, -0.2) is 40.2 Å². The summed E-state index contributed by atoms with van der Waals surface area (Å²) in [6.45, 7) is 6.49. The van der Waals surface area contributed by atoms with Crippen LogP contribution in [0, 0.1) is 0 Å². The van der Waals surface area contributed by atoms with E-state index < -0.39 is 5.54 Å². The molecule has 4 nitrogen and oxygen atoms in total. The lowest BCUT2D eigenvalue weighted by Crippen LogP contribution is -2.52. The number of hydrogen-bond acceptors (Lipinski definition) is 3. The Morgan fingerprint density at radius 3 is 2.53 bits per heavy atom. The van der Waals surface area contributed by atoms with Gasteiger partial charge in [0.05, 0.1) is 6.04 Å². The molecule has 2 heterocycles. The first-order valence-electron chi connectivity index (χ1n) is 10.7. The fraction of sp³-hybridized carbons (Fsp3) is 0.308. The fourth-order valence-corrected chi connectivity index (χ4v) is 5.29. The molecule has 1 atom stereocenters. The molecule has 0 radical (unpaired) electrons. The van der Waals surface area contributed by atoms with Crippen LogP contribution in [0.3, 0.4) is 0 Å². The highest BCUT2D eigenvalue weighted by atomic mass is 35.5. The largest absolute Gasteiger partial charge is 0.330 e. The molecule has 1 unspecified atom stereocenters. The van der Waals surface area contributed by atoms with Crippen molar-refractivity contribution in [3.05, 3.63) is 92.6 Å². The number of rotatable bonds is 4. The molecule has 0 saturated heterocycles. The minimum absolute atomic E-state index is 0.0116. The van der Waals surface area contributed by atoms with Crippen LogP contribution in [0.5, 0.6) is 0 Å². The Bertz CT molecular complexity index is 1120. The maximum atomic E-state index is 13.7. The number of benzene rings is 2. The van der Waals surface area contributed by atoms with Gasteiger partial charge in [0.1, 0.15) is 6.54 Å². The highest BCUT2D eigenvalue weighted by Crippen LogP contribution is 2.38. The fourth-order valence-electron chi connectivity index (χ4n) is 4.20. The summed E-state index contributed by atoms with van der Waals surface area (Å²) in [5.41, 5.74) is 2.23. The van der Waals surface area contributed by atoms with Gasteiger partial charge in [-0.3, -0.25) is 9.59 Å². The number of thiophene rings is 1. The molecule has 1 aromatic heterocycles. The van der Waals surface area contributed by atoms with Gasteiger partial charge in [0, 0.05) is 27.5 Å². The smallest absolute Gasteiger partial charge is 0.254 e. The minimum Gasteiger partial charge on any atom is -0.330 e. The van der Waals surface area contributed by atoms with Crippen LogP contribution in [-0.2, 0) is 11.2 Å². The van der Waals surface area contributed by atoms with Crippen LogP contribution in [0.1, 0.15) is 53.2 Å². The Morgan fingerprint density at radius 2 is 1.84 bits per heavy atom. The third kappa shape index (κ3) is 4.59. The van der Waals surface area contributed by atoms with E-state index in [9.17, 15) is 9.59 Å². The van der Waals surface area contributed by atoms with Crippen LogP contribution >= 0.6 is 22.9 Å². The Labute approximate surface area is 198 Å². The first-order valence-corrected chi connectivity index (χ1v) is 12.0. The molecule has 3 aromatic rings. The summed E-state index contributed by atoms with van der Waals surface area (Å²) < 4.78 is 0. The maximum absolute atomic E-state index is 13.7. The lowest BCUT2D eigenvalue weighted by atomic mass is 9.93. The second-order valence-electron chi connectivity index (χ2n) is 9.02. The zero-order valence-corrected chi connectivity index (χ0v) is 20.1. The number of carbonyl (C=O) groups is 2. The minimum atomic E-state index is -0.527. The van der Waals surface area contributed by atoms with Crippen molar-refractivity contribution in [2.75, 3.05) is 13.1 Å². The predicted molar refractivity (Wildman–Crippen MR) is 130 cm³/mol. The Balaban J connectivity index is 1.65. The number of amides is 2. The van der Waals surface area contributed by atoms with E-state index in [-0.39, 0.29) is 24.4 Å². The summed E-state index contributed by atoms with van der Waals surface area (Å²) in [6, 6.07) is 19.0. The van der Waals surface area contributed by atoms with Crippen LogP contribution in [0.4, 0.5) is 0 Å². The van der Waals surface area contributed by atoms with E-state index in [1.54, 1.807) is 40.5 Å². The molecule has 166 valence electrons. The van der Waals surface area contributed by atoms with Gasteiger partial charge in [-0.1, -0.05) is 48.0 Å². The molecule has 1 aliphatic rings. The molecule has 0 N–H and O–H groups in total. The number of halogens is 1. The lowest BCUT2D eigenvalue weighted by Gasteiger charge is -2.40. The molecule has 0 aliphatic carbocycles. The highest BCUT2D eigenvalue weighted by molar-refractivity contribution is 7.10. The number of carbonyl (C=O) groups excluding carboxylic acids is 2. The molecule has 0 spiro atoms. The van der Waals surface area contributed by atoms with Gasteiger partial charge in [0.25, 0.3) is 5.91 Å². The average Bonchev–Trinajstić information content (AvgIpc) is 3.25. The Morgan fingerprint density at radius 1 is 1.09 bits per heavy atom. The Hall–Kier alpha value is -2.63. The van der Waals surface area contributed by atoms with Crippen molar-refractivity contribution in [3.63, 3.8) is 0 Å². The first kappa shape index (κ1) is 22.6. The summed E-state index contributed by atoms with van der Waals surface area (Å²) in [5.74, 6) is -0.251. The van der Waals surface area contributed by atoms with Gasteiger partial charge in [0.15, 0.2) is 0 Å². The third-order valence-electron chi connectivity index (χ3n) is 5.82. The van der Waals surface area contributed by atoms with Crippen LogP contribution < -0.4 is 0 Å². The molecular weight excluding hydrogens is 440 g/mol. The molecular formula is C26H27ClN2O2S. The van der Waals surface area contributed by atoms with Crippen molar-refractivity contribution in [1.29, 1.82) is 0 Å². The quantitative estimate of drug-likeness (QED) is 0.486. The topological polar surface area (TPSA) is 40.6 Å². The standard InChI is InChI=1S/C26H27ClN2O2S/c1-26(2,3)29(25(31)19-10-7-11-20(27)16-19)17-23(30)28-14-12-22-21(13-15-32-22)24(28)18-8-5-4-6-9-18/h4-11,13,15-16,24H,12,14,17H2,1-3H3. The molecule has 2 aromatic carbocycles. The van der Waals surface area contributed by atoms with E-state index in [0.29, 0.717) is 17.1 Å². The molecule has 0 fully saturated rings. The van der Waals surface area contributed by atoms with Crippen molar-refractivity contribution in [1.82, 2.24) is 9.80 Å². The van der Waals surface area contributed by atoms with Crippen molar-refractivity contribution in [2.24, 2.45) is 0 Å². The Kier molecular flexibility index (Phi) is 6.40. The second-order valence-corrected chi connectivity index (χ2v) is 10.5. The zero-order chi connectivity index (χ0) is 22.9. The number of hydrogen-bond donors (Lipinski definition) is 0. The van der Waals surface area contributed by atoms with E-state index in [1.165, 1.54) is 10.4 Å². The van der Waals surface area contributed by atoms with E-state index in [4.69, 9.17) is 11.6 Å². The number of nitrogens with zero attached hydrogens (tertiary/aromatic N) is 2. The molecule has 0 bridgehead atoms. The summed E-state index contributed by atoms with van der Waals surface area (Å²) in [7, 11) is 0. The van der Waals surface area contributed by atoms with Crippen molar-refractivity contribution < 1.29 is 9.59 Å². The van der Waals surface area contributed by atoms with Gasteiger partial charge in [-0.2, -0.15) is 0 Å². The van der Waals surface area contributed by atoms with Crippen molar-refractivity contribution in [3.8, 4) is 0 Å². The SMILES string of the molecule is CC(C)(C)N(CC(=O)N1CCc2sccc2C1c1ccccc1)C(=O)c1cccc(Cl)c1. The molecule has 2 amide bonds. The van der Waals surface area contributed by atoms with Gasteiger partial charge in [-0.15, -0.1) is 11.3 Å². The van der Waals surface area contributed by atoms with Crippen molar-refractivity contribution >= 4 is 34.8 Å². The molecule has 1 aliphatic heterocycles. The van der Waals surface area contributed by atoms with Gasteiger partial charge >= 0.3 is 0 Å². The summed E-state index contributed by atoms with van der Waals surface area (Å²) in [5, 5.41) is 2.60. The monoisotopic (exact) mass is 466 g/mol. The van der Waals surface area contributed by atoms with Gasteiger partial charge in [0.2, 0.25) is 5.91 Å². The molecule has 32 heavy (non-hydrogen) atoms. The summed E-state index contributed by atoms with van der Waals surface area (Å²) in [4.78, 5) is 31.9. The van der Waals surface area contributed by atoms with Gasteiger partial charge in [-0.25, -0.2) is 0 Å². The van der Waals surface area contributed by atoms with Crippen LogP contribution in [0.15, 0.2) is 66.0 Å². The summed E-state index contributed by atoms with van der Waals surface area (Å²) in [6.07, 6.45) is 0.833. The first-order chi connectivity index (χ1) is 15.3. The van der Waals surface area contributed by atoms with E-state index in [2.05, 4.69) is 23.6 Å². The van der Waals surface area contributed by atoms with Crippen LogP contribution in [0.25, 0.3) is 0 Å². The summed E-state index contributed by atoms with van der Waals surface area (Å²) >= 11 is 7.86. The highest BCUT2D eigenvalue weighted by Gasteiger charge is 2.36. The number of fused-ring (bicyclic) bond motifs is 1. The average molecular weight is 467 g/mol. The predicted octanol–water partition coefficient (Wildman–Crippen LogP) is 5.82. The maximum Gasteiger partial charge on any atom is 0.254 e. The van der Waals surface area contributed by atoms with E-state index >= 15 is 0 Å². The van der Waals surface area contributed by atoms with Crippen LogP contribution in [0.2, 0.25) is 5.02 Å². The van der Waals surface area contributed by atoms with Crippen molar-refractivity contribution in [2.45, 2.75) is 38.8 Å².